The Bertz CT molecular complexity index is 535. The number of nitrogens with one attached hydrogen (secondary N) is 2. The number of hydrogen-bond donors (Lipinski definition) is 2. The van der Waals surface area contributed by atoms with E-state index in [4.69, 9.17) is 0 Å². The van der Waals surface area contributed by atoms with E-state index in [9.17, 15) is 0 Å². The van der Waals surface area contributed by atoms with Gasteiger partial charge in [0, 0.05) is 43.6 Å². The van der Waals surface area contributed by atoms with Crippen molar-refractivity contribution >= 4 is 5.84 Å². The second-order valence-corrected chi connectivity index (χ2v) is 7.73. The quantitative estimate of drug-likeness (QED) is 0.462. The summed E-state index contributed by atoms with van der Waals surface area (Å²) >= 11 is 0. The summed E-state index contributed by atoms with van der Waals surface area (Å²) in [6.07, 6.45) is 12.2. The molecule has 0 aromatic carbocycles. The van der Waals surface area contributed by atoms with Gasteiger partial charge >= 0.3 is 0 Å². The monoisotopic (exact) mass is 434 g/mol. The maximum atomic E-state index is 4.65. The van der Waals surface area contributed by atoms with Gasteiger partial charge in [-0.05, 0) is 37.5 Å². The minimum Gasteiger partial charge on any atom is -0.372 e. The molecule has 0 aliphatic carbocycles. The summed E-state index contributed by atoms with van der Waals surface area (Å²) < 4.78 is 0. The standard InChI is InChI=1S/C18H30N4.C4H10.C3H8.C2H6/c1-5-7-8-20-18-17(16(13-21-18)14(3)6-2)15(4)22-11-9-19-10-12-22;1-3-4-2;1-3-2;1-2/h7-8,13-14,19H,5-6,9-12H2,1-4H3,(H,20,21);3-4H2,1-2H3;3H2,1-2H3;1-2H3/b8-7+,17-15+;;;. The van der Waals surface area contributed by atoms with Gasteiger partial charge in [0.1, 0.15) is 5.84 Å². The molecule has 2 heterocycles. The largest absolute Gasteiger partial charge is 0.372 e. The predicted octanol–water partition coefficient (Wildman–Crippen LogP) is 7.27. The molecule has 31 heavy (non-hydrogen) atoms. The van der Waals surface area contributed by atoms with E-state index in [-0.39, 0.29) is 0 Å². The zero-order valence-corrected chi connectivity index (χ0v) is 22.6. The van der Waals surface area contributed by atoms with E-state index in [2.05, 4.69) is 88.2 Å². The van der Waals surface area contributed by atoms with E-state index in [0.717, 1.165) is 44.9 Å². The zero-order valence-electron chi connectivity index (χ0n) is 22.6. The third kappa shape index (κ3) is 12.8. The van der Waals surface area contributed by atoms with Gasteiger partial charge in [0.15, 0.2) is 0 Å². The van der Waals surface area contributed by atoms with Gasteiger partial charge in [-0.2, -0.15) is 0 Å². The van der Waals surface area contributed by atoms with Crippen LogP contribution in [-0.4, -0.2) is 36.9 Å². The van der Waals surface area contributed by atoms with Crippen LogP contribution in [0.25, 0.3) is 0 Å². The van der Waals surface area contributed by atoms with Crippen LogP contribution in [0.1, 0.15) is 101 Å². The Morgan fingerprint density at radius 3 is 2.10 bits per heavy atom. The van der Waals surface area contributed by atoms with Crippen LogP contribution in [-0.2, 0) is 0 Å². The van der Waals surface area contributed by atoms with Crippen LogP contribution < -0.4 is 10.6 Å². The van der Waals surface area contributed by atoms with Crippen LogP contribution in [0.4, 0.5) is 0 Å². The van der Waals surface area contributed by atoms with Crippen molar-refractivity contribution in [2.24, 2.45) is 10.9 Å². The number of aliphatic imine (C=N–C) groups is 1. The average Bonchev–Trinajstić information content (AvgIpc) is 3.24. The Kier molecular flexibility index (Phi) is 22.1. The van der Waals surface area contributed by atoms with Gasteiger partial charge in [0.05, 0.1) is 0 Å². The van der Waals surface area contributed by atoms with Crippen molar-refractivity contribution in [3.63, 3.8) is 0 Å². The molecule has 0 amide bonds. The van der Waals surface area contributed by atoms with E-state index in [0.29, 0.717) is 5.92 Å². The molecule has 4 nitrogen and oxygen atoms in total. The topological polar surface area (TPSA) is 39.7 Å². The molecule has 0 radical (unpaired) electrons. The maximum Gasteiger partial charge on any atom is 0.139 e. The van der Waals surface area contributed by atoms with Crippen LogP contribution in [0.15, 0.2) is 40.3 Å². The van der Waals surface area contributed by atoms with Crippen LogP contribution >= 0.6 is 0 Å². The molecule has 1 saturated heterocycles. The zero-order chi connectivity index (χ0) is 24.1. The summed E-state index contributed by atoms with van der Waals surface area (Å²) in [5.41, 5.74) is 4.02. The van der Waals surface area contributed by atoms with Crippen molar-refractivity contribution in [1.82, 2.24) is 15.5 Å². The van der Waals surface area contributed by atoms with E-state index >= 15 is 0 Å². The van der Waals surface area contributed by atoms with Gasteiger partial charge in [-0.15, -0.1) is 0 Å². The van der Waals surface area contributed by atoms with Crippen molar-refractivity contribution in [2.45, 2.75) is 101 Å². The summed E-state index contributed by atoms with van der Waals surface area (Å²) in [6.45, 7) is 25.8. The Labute approximate surface area is 195 Å². The van der Waals surface area contributed by atoms with Crippen molar-refractivity contribution in [3.8, 4) is 0 Å². The lowest BCUT2D eigenvalue weighted by atomic mass is 9.91. The number of rotatable bonds is 6. The molecule has 1 atom stereocenters. The van der Waals surface area contributed by atoms with Gasteiger partial charge in [-0.1, -0.05) is 87.7 Å². The first-order chi connectivity index (χ1) is 15.0. The highest BCUT2D eigenvalue weighted by atomic mass is 15.2. The Balaban J connectivity index is 0. The van der Waals surface area contributed by atoms with Crippen LogP contribution in [0.2, 0.25) is 0 Å². The first kappa shape index (κ1) is 31.6. The summed E-state index contributed by atoms with van der Waals surface area (Å²) in [5.74, 6) is 1.53. The van der Waals surface area contributed by atoms with Gasteiger partial charge < -0.3 is 15.5 Å². The molecule has 2 aliphatic rings. The van der Waals surface area contributed by atoms with Crippen molar-refractivity contribution in [2.75, 3.05) is 26.2 Å². The van der Waals surface area contributed by atoms with E-state index in [1.807, 2.05) is 20.0 Å². The Morgan fingerprint density at radius 1 is 1.10 bits per heavy atom. The third-order valence-corrected chi connectivity index (χ3v) is 5.03. The van der Waals surface area contributed by atoms with Gasteiger partial charge in [0.2, 0.25) is 0 Å². The molecule has 1 fully saturated rings. The molecular weight excluding hydrogens is 380 g/mol. The fourth-order valence-electron chi connectivity index (χ4n) is 2.90. The van der Waals surface area contributed by atoms with Crippen molar-refractivity contribution in [3.05, 3.63) is 35.3 Å². The van der Waals surface area contributed by atoms with Gasteiger partial charge in [-0.25, -0.2) is 4.99 Å². The molecular formula is C27H54N4. The minimum atomic E-state index is 0.533. The lowest BCUT2D eigenvalue weighted by Gasteiger charge is -2.32. The SMILES string of the molecule is CC.CC/C=C/NC1=NC=C(C(C)CC)/C1=C(/C)N1CCNCC1.CCC.CCCC. The molecule has 0 spiro atoms. The third-order valence-electron chi connectivity index (χ3n) is 5.03. The van der Waals surface area contributed by atoms with Gasteiger partial charge in [0.25, 0.3) is 0 Å². The molecule has 4 heteroatoms. The first-order valence-corrected chi connectivity index (χ1v) is 12.9. The lowest BCUT2D eigenvalue weighted by Crippen LogP contribution is -2.43. The highest BCUT2D eigenvalue weighted by Gasteiger charge is 2.25. The summed E-state index contributed by atoms with van der Waals surface area (Å²) in [4.78, 5) is 7.13. The number of piperazine rings is 1. The minimum absolute atomic E-state index is 0.533. The molecule has 2 N–H and O–H groups in total. The lowest BCUT2D eigenvalue weighted by molar-refractivity contribution is 0.298. The number of unbranched alkanes of at least 4 members (excludes halogenated alkanes) is 1. The maximum absolute atomic E-state index is 4.65. The fourth-order valence-corrected chi connectivity index (χ4v) is 2.90. The van der Waals surface area contributed by atoms with Crippen molar-refractivity contribution in [1.29, 1.82) is 0 Å². The number of nitrogens with zero attached hydrogens (tertiary/aromatic N) is 2. The fraction of sp³-hybridized carbons (Fsp3) is 0.741. The second kappa shape index (κ2) is 21.7. The second-order valence-electron chi connectivity index (χ2n) is 7.73. The molecule has 182 valence electrons. The number of allylic oxidation sites excluding steroid dienone is 2. The van der Waals surface area contributed by atoms with Crippen LogP contribution in [0.3, 0.4) is 0 Å². The van der Waals surface area contributed by atoms with Crippen molar-refractivity contribution < 1.29 is 0 Å². The van der Waals surface area contributed by atoms with Crippen LogP contribution in [0, 0.1) is 5.92 Å². The highest BCUT2D eigenvalue weighted by molar-refractivity contribution is 6.05. The Morgan fingerprint density at radius 2 is 1.65 bits per heavy atom. The molecule has 1 unspecified atom stereocenters. The van der Waals surface area contributed by atoms with Gasteiger partial charge in [-0.3, -0.25) is 0 Å². The number of amidine groups is 1. The molecule has 2 aliphatic heterocycles. The average molecular weight is 435 g/mol. The summed E-state index contributed by atoms with van der Waals surface area (Å²) in [6, 6.07) is 0. The smallest absolute Gasteiger partial charge is 0.139 e. The molecule has 0 bridgehead atoms. The van der Waals surface area contributed by atoms with E-state index < -0.39 is 0 Å². The first-order valence-electron chi connectivity index (χ1n) is 12.9. The summed E-state index contributed by atoms with van der Waals surface area (Å²) in [7, 11) is 0. The highest BCUT2D eigenvalue weighted by Crippen LogP contribution is 2.31. The van der Waals surface area contributed by atoms with E-state index in [1.54, 1.807) is 0 Å². The Hall–Kier alpha value is -1.55. The molecule has 0 saturated carbocycles. The predicted molar refractivity (Wildman–Crippen MR) is 143 cm³/mol. The molecule has 0 aromatic heterocycles. The molecule has 2 rings (SSSR count). The normalized spacial score (nSPS) is 17.8. The van der Waals surface area contributed by atoms with Crippen LogP contribution in [0.5, 0.6) is 0 Å². The summed E-state index contributed by atoms with van der Waals surface area (Å²) in [5, 5.41) is 6.80. The molecule has 0 aromatic rings. The van der Waals surface area contributed by atoms with E-state index in [1.165, 1.54) is 36.1 Å². The number of hydrogen-bond acceptors (Lipinski definition) is 4.